The van der Waals surface area contributed by atoms with Crippen LogP contribution in [0.4, 0.5) is 0 Å². The van der Waals surface area contributed by atoms with Gasteiger partial charge in [-0.3, -0.25) is 9.59 Å². The summed E-state index contributed by atoms with van der Waals surface area (Å²) in [4.78, 5) is 28.4. The Balaban J connectivity index is 1.80. The van der Waals surface area contributed by atoms with Crippen molar-refractivity contribution in [3.05, 3.63) is 71.3 Å². The van der Waals surface area contributed by atoms with Gasteiger partial charge in [0.2, 0.25) is 11.8 Å². The van der Waals surface area contributed by atoms with Gasteiger partial charge in [-0.1, -0.05) is 80.8 Å². The van der Waals surface area contributed by atoms with E-state index in [1.165, 1.54) is 19.3 Å². The minimum atomic E-state index is -0.456. The molecule has 3 rings (SSSR count). The van der Waals surface area contributed by atoms with Crippen LogP contribution in [0.3, 0.4) is 0 Å². The Morgan fingerprint density at radius 3 is 2.33 bits per heavy atom. The summed E-state index contributed by atoms with van der Waals surface area (Å²) in [5.41, 5.74) is 3.19. The highest BCUT2D eigenvalue weighted by Crippen LogP contribution is 2.20. The van der Waals surface area contributed by atoms with Gasteiger partial charge in [0.1, 0.15) is 6.04 Å². The number of nitrogens with one attached hydrogen (secondary N) is 1. The van der Waals surface area contributed by atoms with E-state index in [0.29, 0.717) is 19.4 Å². The van der Waals surface area contributed by atoms with Crippen molar-refractivity contribution in [1.29, 1.82) is 0 Å². The van der Waals surface area contributed by atoms with E-state index in [1.807, 2.05) is 55.5 Å². The lowest BCUT2D eigenvalue weighted by Gasteiger charge is -2.33. The minimum Gasteiger partial charge on any atom is -0.352 e. The number of aryl methyl sites for hydroxylation is 1. The maximum absolute atomic E-state index is 13.4. The molecule has 0 spiro atoms. The monoisotopic (exact) mass is 406 g/mol. The summed E-state index contributed by atoms with van der Waals surface area (Å²) in [5.74, 6) is -0.0190. The van der Waals surface area contributed by atoms with Crippen molar-refractivity contribution in [2.75, 3.05) is 0 Å². The van der Waals surface area contributed by atoms with E-state index in [0.717, 1.165) is 29.5 Å². The first-order valence-corrected chi connectivity index (χ1v) is 11.3. The summed E-state index contributed by atoms with van der Waals surface area (Å²) in [6.07, 6.45) is 6.57. The van der Waals surface area contributed by atoms with Crippen molar-refractivity contribution >= 4 is 11.8 Å². The molecular formula is C26H34N2O2. The standard InChI is InChI=1S/C26H34N2O2/c1-3-24(26(30)27-23-16-8-5-9-17-23)28(19-22-15-11-10-12-20(22)2)25(29)18-21-13-6-4-7-14-21/h4,6-7,10-15,23-24H,3,5,8-9,16-19H2,1-2H3,(H,27,30)/t24-/m0/s1. The fourth-order valence-corrected chi connectivity index (χ4v) is 4.31. The molecule has 0 saturated heterocycles. The molecule has 4 heteroatoms. The molecule has 1 aliphatic rings. The predicted molar refractivity (Wildman–Crippen MR) is 121 cm³/mol. The molecular weight excluding hydrogens is 372 g/mol. The molecule has 0 heterocycles. The van der Waals surface area contributed by atoms with Crippen molar-refractivity contribution in [2.24, 2.45) is 0 Å². The molecule has 0 bridgehead atoms. The van der Waals surface area contributed by atoms with Crippen LogP contribution in [0, 0.1) is 6.92 Å². The second kappa shape index (κ2) is 11.0. The number of carbonyl (C=O) groups is 2. The second-order valence-corrected chi connectivity index (χ2v) is 8.38. The predicted octanol–water partition coefficient (Wildman–Crippen LogP) is 4.79. The highest BCUT2D eigenvalue weighted by Gasteiger charge is 2.30. The number of rotatable bonds is 8. The van der Waals surface area contributed by atoms with Crippen molar-refractivity contribution in [1.82, 2.24) is 10.2 Å². The normalized spacial score (nSPS) is 15.4. The van der Waals surface area contributed by atoms with Gasteiger partial charge in [0.25, 0.3) is 0 Å². The van der Waals surface area contributed by atoms with Crippen LogP contribution in [0.5, 0.6) is 0 Å². The van der Waals surface area contributed by atoms with E-state index in [9.17, 15) is 9.59 Å². The zero-order valence-electron chi connectivity index (χ0n) is 18.3. The molecule has 0 aliphatic heterocycles. The van der Waals surface area contributed by atoms with Gasteiger partial charge < -0.3 is 10.2 Å². The average molecular weight is 407 g/mol. The molecule has 1 atom stereocenters. The number of nitrogens with zero attached hydrogens (tertiary/aromatic N) is 1. The Hall–Kier alpha value is -2.62. The van der Waals surface area contributed by atoms with Crippen LogP contribution in [0.25, 0.3) is 0 Å². The lowest BCUT2D eigenvalue weighted by Crippen LogP contribution is -2.52. The highest BCUT2D eigenvalue weighted by atomic mass is 16.2. The van der Waals surface area contributed by atoms with Gasteiger partial charge in [-0.15, -0.1) is 0 Å². The summed E-state index contributed by atoms with van der Waals surface area (Å²) in [5, 5.41) is 3.24. The third kappa shape index (κ3) is 5.94. The van der Waals surface area contributed by atoms with Crippen molar-refractivity contribution in [2.45, 2.75) is 77.4 Å². The van der Waals surface area contributed by atoms with E-state index >= 15 is 0 Å². The Morgan fingerprint density at radius 1 is 1.00 bits per heavy atom. The molecule has 2 aromatic rings. The summed E-state index contributed by atoms with van der Waals surface area (Å²) in [7, 11) is 0. The Labute approximate surface area is 180 Å². The van der Waals surface area contributed by atoms with E-state index in [2.05, 4.69) is 18.3 Å². The molecule has 1 saturated carbocycles. The van der Waals surface area contributed by atoms with Crippen LogP contribution in [0.1, 0.15) is 62.1 Å². The van der Waals surface area contributed by atoms with E-state index < -0.39 is 6.04 Å². The van der Waals surface area contributed by atoms with Gasteiger partial charge in [0, 0.05) is 12.6 Å². The number of amides is 2. The largest absolute Gasteiger partial charge is 0.352 e. The second-order valence-electron chi connectivity index (χ2n) is 8.38. The van der Waals surface area contributed by atoms with Crippen LogP contribution >= 0.6 is 0 Å². The maximum Gasteiger partial charge on any atom is 0.243 e. The number of benzene rings is 2. The fraction of sp³-hybridized carbons (Fsp3) is 0.462. The van der Waals surface area contributed by atoms with Crippen molar-refractivity contribution in [3.8, 4) is 0 Å². The first-order valence-electron chi connectivity index (χ1n) is 11.3. The summed E-state index contributed by atoms with van der Waals surface area (Å²) in [6, 6.07) is 17.6. The van der Waals surface area contributed by atoms with Gasteiger partial charge in [0.15, 0.2) is 0 Å². The molecule has 160 valence electrons. The molecule has 1 aliphatic carbocycles. The molecule has 30 heavy (non-hydrogen) atoms. The quantitative estimate of drug-likeness (QED) is 0.685. The molecule has 1 fully saturated rings. The summed E-state index contributed by atoms with van der Waals surface area (Å²) in [6.45, 7) is 4.50. The van der Waals surface area contributed by atoms with Crippen LogP contribution in [-0.2, 0) is 22.6 Å². The third-order valence-corrected chi connectivity index (χ3v) is 6.14. The number of hydrogen-bond donors (Lipinski definition) is 1. The van der Waals surface area contributed by atoms with Gasteiger partial charge >= 0.3 is 0 Å². The highest BCUT2D eigenvalue weighted by molar-refractivity contribution is 5.88. The first-order chi connectivity index (χ1) is 14.6. The Kier molecular flexibility index (Phi) is 8.06. The lowest BCUT2D eigenvalue weighted by molar-refractivity contribution is -0.141. The van der Waals surface area contributed by atoms with Gasteiger partial charge in [-0.05, 0) is 42.9 Å². The number of carbonyl (C=O) groups excluding carboxylic acids is 2. The van der Waals surface area contributed by atoms with Crippen molar-refractivity contribution in [3.63, 3.8) is 0 Å². The zero-order chi connectivity index (χ0) is 21.3. The van der Waals surface area contributed by atoms with Crippen LogP contribution in [0.2, 0.25) is 0 Å². The fourth-order valence-electron chi connectivity index (χ4n) is 4.31. The lowest BCUT2D eigenvalue weighted by atomic mass is 9.95. The smallest absolute Gasteiger partial charge is 0.243 e. The van der Waals surface area contributed by atoms with E-state index in [1.54, 1.807) is 4.90 Å². The maximum atomic E-state index is 13.4. The third-order valence-electron chi connectivity index (χ3n) is 6.14. The zero-order valence-corrected chi connectivity index (χ0v) is 18.3. The topological polar surface area (TPSA) is 49.4 Å². The Bertz CT molecular complexity index is 828. The molecule has 0 aromatic heterocycles. The van der Waals surface area contributed by atoms with Crippen molar-refractivity contribution < 1.29 is 9.59 Å². The SMILES string of the molecule is CC[C@@H](C(=O)NC1CCCCC1)N(Cc1ccccc1C)C(=O)Cc1ccccc1. The Morgan fingerprint density at radius 2 is 1.67 bits per heavy atom. The van der Waals surface area contributed by atoms with E-state index in [4.69, 9.17) is 0 Å². The first kappa shape index (κ1) is 22.1. The molecule has 2 amide bonds. The molecule has 0 radical (unpaired) electrons. The molecule has 0 unspecified atom stereocenters. The van der Waals surface area contributed by atoms with Crippen LogP contribution in [0.15, 0.2) is 54.6 Å². The minimum absolute atomic E-state index is 0.00454. The van der Waals surface area contributed by atoms with E-state index in [-0.39, 0.29) is 17.9 Å². The molecule has 2 aromatic carbocycles. The van der Waals surface area contributed by atoms with Gasteiger partial charge in [0.05, 0.1) is 6.42 Å². The average Bonchev–Trinajstić information content (AvgIpc) is 2.76. The van der Waals surface area contributed by atoms with Gasteiger partial charge in [-0.2, -0.15) is 0 Å². The van der Waals surface area contributed by atoms with Crippen LogP contribution < -0.4 is 5.32 Å². The molecule has 1 N–H and O–H groups in total. The number of hydrogen-bond acceptors (Lipinski definition) is 2. The summed E-state index contributed by atoms with van der Waals surface area (Å²) < 4.78 is 0. The molecule has 4 nitrogen and oxygen atoms in total. The summed E-state index contributed by atoms with van der Waals surface area (Å²) >= 11 is 0. The van der Waals surface area contributed by atoms with Crippen LogP contribution in [-0.4, -0.2) is 28.8 Å². The van der Waals surface area contributed by atoms with Gasteiger partial charge in [-0.25, -0.2) is 0 Å².